The Hall–Kier alpha value is -0.800. The molecular formula is C11H11BrO2. The molecule has 2 nitrogen and oxygen atoms in total. The number of rotatable bonds is 1. The van der Waals surface area contributed by atoms with Crippen LogP contribution in [0.4, 0.5) is 0 Å². The van der Waals surface area contributed by atoms with E-state index < -0.39 is 5.60 Å². The van der Waals surface area contributed by atoms with Gasteiger partial charge in [-0.2, -0.15) is 0 Å². The molecule has 1 N–H and O–H groups in total. The van der Waals surface area contributed by atoms with Crippen molar-refractivity contribution in [1.82, 2.24) is 0 Å². The lowest BCUT2D eigenvalue weighted by Crippen LogP contribution is -2.14. The molecule has 0 bridgehead atoms. The molecule has 0 aliphatic heterocycles. The highest BCUT2D eigenvalue weighted by atomic mass is 79.9. The summed E-state index contributed by atoms with van der Waals surface area (Å²) in [5, 5.41) is 10.8. The van der Waals surface area contributed by atoms with E-state index >= 15 is 0 Å². The quantitative estimate of drug-likeness (QED) is 0.846. The number of fused-ring (bicyclic) bond motifs is 1. The highest BCUT2D eigenvalue weighted by Gasteiger charge is 2.21. The van der Waals surface area contributed by atoms with Gasteiger partial charge in [0.2, 0.25) is 0 Å². The SMILES string of the molecule is CC(C)(O)c1coc2ccc(Br)cc12. The van der Waals surface area contributed by atoms with E-state index in [1.165, 1.54) is 0 Å². The van der Waals surface area contributed by atoms with Gasteiger partial charge in [-0.3, -0.25) is 0 Å². The Morgan fingerprint density at radius 2 is 2.07 bits per heavy atom. The third-order valence-electron chi connectivity index (χ3n) is 2.19. The van der Waals surface area contributed by atoms with Crippen LogP contribution in [0.25, 0.3) is 11.0 Å². The maximum Gasteiger partial charge on any atom is 0.134 e. The number of aliphatic hydroxyl groups is 1. The molecule has 0 saturated heterocycles. The van der Waals surface area contributed by atoms with Crippen molar-refractivity contribution in [3.8, 4) is 0 Å². The lowest BCUT2D eigenvalue weighted by Gasteiger charge is -2.15. The van der Waals surface area contributed by atoms with Gasteiger partial charge in [-0.05, 0) is 32.0 Å². The Bertz CT molecular complexity index is 466. The standard InChI is InChI=1S/C11H11BrO2/c1-11(2,13)9-6-14-10-4-3-7(12)5-8(9)10/h3-6,13H,1-2H3. The molecule has 1 heterocycles. The van der Waals surface area contributed by atoms with Gasteiger partial charge in [0.25, 0.3) is 0 Å². The van der Waals surface area contributed by atoms with Crippen LogP contribution >= 0.6 is 15.9 Å². The predicted molar refractivity (Wildman–Crippen MR) is 59.2 cm³/mol. The van der Waals surface area contributed by atoms with E-state index in [0.717, 1.165) is 21.0 Å². The Morgan fingerprint density at radius 3 is 2.71 bits per heavy atom. The van der Waals surface area contributed by atoms with Crippen LogP contribution in [0.2, 0.25) is 0 Å². The second kappa shape index (κ2) is 3.11. The minimum atomic E-state index is -0.869. The van der Waals surface area contributed by atoms with Crippen LogP contribution in [0.3, 0.4) is 0 Å². The maximum atomic E-state index is 9.89. The molecule has 74 valence electrons. The summed E-state index contributed by atoms with van der Waals surface area (Å²) in [7, 11) is 0. The van der Waals surface area contributed by atoms with Crippen molar-refractivity contribution in [2.75, 3.05) is 0 Å². The number of halogens is 1. The minimum absolute atomic E-state index is 0.797. The van der Waals surface area contributed by atoms with E-state index in [-0.39, 0.29) is 0 Å². The van der Waals surface area contributed by atoms with Gasteiger partial charge in [0.1, 0.15) is 5.58 Å². The molecule has 0 atom stereocenters. The van der Waals surface area contributed by atoms with Gasteiger partial charge in [0, 0.05) is 15.4 Å². The van der Waals surface area contributed by atoms with Gasteiger partial charge in [0.05, 0.1) is 11.9 Å². The number of benzene rings is 1. The van der Waals surface area contributed by atoms with Gasteiger partial charge in [-0.1, -0.05) is 15.9 Å². The van der Waals surface area contributed by atoms with E-state index in [0.29, 0.717) is 0 Å². The number of hydrogen-bond acceptors (Lipinski definition) is 2. The van der Waals surface area contributed by atoms with E-state index in [1.54, 1.807) is 20.1 Å². The first-order chi connectivity index (χ1) is 6.48. The molecule has 2 rings (SSSR count). The van der Waals surface area contributed by atoms with Crippen LogP contribution in [-0.4, -0.2) is 5.11 Å². The van der Waals surface area contributed by atoms with Crippen LogP contribution < -0.4 is 0 Å². The molecule has 0 fully saturated rings. The fourth-order valence-corrected chi connectivity index (χ4v) is 1.84. The average molecular weight is 255 g/mol. The normalized spacial score (nSPS) is 12.3. The van der Waals surface area contributed by atoms with Gasteiger partial charge in [-0.25, -0.2) is 0 Å². The molecule has 14 heavy (non-hydrogen) atoms. The van der Waals surface area contributed by atoms with Crippen molar-refractivity contribution >= 4 is 26.9 Å². The van der Waals surface area contributed by atoms with Crippen molar-refractivity contribution in [2.24, 2.45) is 0 Å². The molecule has 2 aromatic rings. The first-order valence-corrected chi connectivity index (χ1v) is 5.17. The Labute approximate surface area is 90.7 Å². The molecule has 0 spiro atoms. The molecule has 0 saturated carbocycles. The zero-order valence-corrected chi connectivity index (χ0v) is 9.63. The highest BCUT2D eigenvalue weighted by Crippen LogP contribution is 2.31. The summed E-state index contributed by atoms with van der Waals surface area (Å²) in [5.74, 6) is 0. The molecule has 0 aliphatic carbocycles. The lowest BCUT2D eigenvalue weighted by atomic mass is 9.98. The summed E-state index contributed by atoms with van der Waals surface area (Å²) in [6.07, 6.45) is 1.61. The van der Waals surface area contributed by atoms with E-state index in [9.17, 15) is 5.11 Å². The topological polar surface area (TPSA) is 33.4 Å². The van der Waals surface area contributed by atoms with Crippen molar-refractivity contribution in [3.63, 3.8) is 0 Å². The molecule has 0 radical (unpaired) electrons. The zero-order chi connectivity index (χ0) is 10.3. The van der Waals surface area contributed by atoms with Crippen LogP contribution in [0.1, 0.15) is 19.4 Å². The largest absolute Gasteiger partial charge is 0.464 e. The fraction of sp³-hybridized carbons (Fsp3) is 0.273. The Kier molecular flexibility index (Phi) is 2.16. The van der Waals surface area contributed by atoms with Gasteiger partial charge in [-0.15, -0.1) is 0 Å². The number of furan rings is 1. The summed E-state index contributed by atoms with van der Waals surface area (Å²) in [5.41, 5.74) is 0.741. The molecule has 1 aromatic carbocycles. The molecule has 0 aliphatic rings. The van der Waals surface area contributed by atoms with Crippen LogP contribution in [0.5, 0.6) is 0 Å². The third kappa shape index (κ3) is 1.57. The molecular weight excluding hydrogens is 244 g/mol. The Morgan fingerprint density at radius 1 is 1.36 bits per heavy atom. The molecule has 1 aromatic heterocycles. The average Bonchev–Trinajstić information content (AvgIpc) is 2.45. The first-order valence-electron chi connectivity index (χ1n) is 4.38. The first kappa shape index (κ1) is 9.74. The highest BCUT2D eigenvalue weighted by molar-refractivity contribution is 9.10. The Balaban J connectivity index is 2.73. The van der Waals surface area contributed by atoms with Gasteiger partial charge < -0.3 is 9.52 Å². The van der Waals surface area contributed by atoms with Crippen LogP contribution in [0.15, 0.2) is 33.4 Å². The smallest absolute Gasteiger partial charge is 0.134 e. The van der Waals surface area contributed by atoms with E-state index in [1.807, 2.05) is 18.2 Å². The minimum Gasteiger partial charge on any atom is -0.464 e. The summed E-state index contributed by atoms with van der Waals surface area (Å²) < 4.78 is 6.33. The molecule has 0 amide bonds. The van der Waals surface area contributed by atoms with Crippen molar-refractivity contribution in [1.29, 1.82) is 0 Å². The summed E-state index contributed by atoms with van der Waals surface area (Å²) in [6, 6.07) is 5.75. The van der Waals surface area contributed by atoms with E-state index in [2.05, 4.69) is 15.9 Å². The number of hydrogen-bond donors (Lipinski definition) is 1. The summed E-state index contributed by atoms with van der Waals surface area (Å²) >= 11 is 3.39. The summed E-state index contributed by atoms with van der Waals surface area (Å²) in [6.45, 7) is 3.50. The van der Waals surface area contributed by atoms with Crippen molar-refractivity contribution in [2.45, 2.75) is 19.4 Å². The van der Waals surface area contributed by atoms with Crippen molar-refractivity contribution in [3.05, 3.63) is 34.5 Å². The second-order valence-electron chi connectivity index (χ2n) is 3.85. The molecule has 0 unspecified atom stereocenters. The van der Waals surface area contributed by atoms with Crippen molar-refractivity contribution < 1.29 is 9.52 Å². The monoisotopic (exact) mass is 254 g/mol. The second-order valence-corrected chi connectivity index (χ2v) is 4.76. The predicted octanol–water partition coefficient (Wildman–Crippen LogP) is 3.42. The zero-order valence-electron chi connectivity index (χ0n) is 8.04. The van der Waals surface area contributed by atoms with Gasteiger partial charge >= 0.3 is 0 Å². The summed E-state index contributed by atoms with van der Waals surface area (Å²) in [4.78, 5) is 0. The third-order valence-corrected chi connectivity index (χ3v) is 2.69. The van der Waals surface area contributed by atoms with Crippen LogP contribution in [0, 0.1) is 0 Å². The van der Waals surface area contributed by atoms with E-state index in [4.69, 9.17) is 4.42 Å². The molecule has 3 heteroatoms. The van der Waals surface area contributed by atoms with Crippen LogP contribution in [-0.2, 0) is 5.60 Å². The maximum absolute atomic E-state index is 9.89. The fourth-order valence-electron chi connectivity index (χ4n) is 1.48. The lowest BCUT2D eigenvalue weighted by molar-refractivity contribution is 0.0792. The van der Waals surface area contributed by atoms with Gasteiger partial charge in [0.15, 0.2) is 0 Å².